The summed E-state index contributed by atoms with van der Waals surface area (Å²) in [6, 6.07) is 0.560. The summed E-state index contributed by atoms with van der Waals surface area (Å²) in [6.07, 6.45) is 0. The minimum Gasteiger partial charge on any atom is -0.352 e. The molecule has 94 valence electrons. The molecule has 1 rings (SSSR count). The molecule has 0 aliphatic carbocycles. The number of nitrogens with one attached hydrogen (secondary N) is 2. The van der Waals surface area contributed by atoms with Gasteiger partial charge in [0.1, 0.15) is 0 Å². The summed E-state index contributed by atoms with van der Waals surface area (Å²) in [7, 11) is 0. The number of hydrogen-bond donors (Lipinski definition) is 2. The zero-order valence-corrected chi connectivity index (χ0v) is 11.2. The van der Waals surface area contributed by atoms with E-state index in [4.69, 9.17) is 0 Å². The van der Waals surface area contributed by atoms with E-state index in [0.717, 1.165) is 5.57 Å². The predicted octanol–water partition coefficient (Wildman–Crippen LogP) is 2.55. The lowest BCUT2D eigenvalue weighted by Crippen LogP contribution is -2.18. The molecule has 0 bridgehead atoms. The summed E-state index contributed by atoms with van der Waals surface area (Å²) in [4.78, 5) is 12.9. The van der Waals surface area contributed by atoms with Gasteiger partial charge >= 0.3 is 0 Å². The van der Waals surface area contributed by atoms with Crippen LogP contribution < -0.4 is 10.6 Å². The first kappa shape index (κ1) is 13.4. The fourth-order valence-corrected chi connectivity index (χ4v) is 1.21. The number of allylic oxidation sites excluding steroid dienone is 1. The number of aromatic nitrogens is 3. The molecule has 2 N–H and O–H groups in total. The average Bonchev–Trinajstić information content (AvgIpc) is 2.14. The Bertz CT molecular complexity index is 370. The van der Waals surface area contributed by atoms with Crippen LogP contribution in [0.4, 0.5) is 11.9 Å². The predicted molar refractivity (Wildman–Crippen MR) is 72.1 cm³/mol. The van der Waals surface area contributed by atoms with Gasteiger partial charge in [-0.3, -0.25) is 0 Å². The van der Waals surface area contributed by atoms with Crippen molar-refractivity contribution in [2.24, 2.45) is 0 Å². The fourth-order valence-electron chi connectivity index (χ4n) is 1.21. The van der Waals surface area contributed by atoms with Crippen LogP contribution in [-0.4, -0.2) is 27.0 Å². The van der Waals surface area contributed by atoms with Gasteiger partial charge in [-0.25, -0.2) is 0 Å². The van der Waals surface area contributed by atoms with Gasteiger partial charge in [0, 0.05) is 12.1 Å². The monoisotopic (exact) mass is 235 g/mol. The van der Waals surface area contributed by atoms with E-state index < -0.39 is 0 Å². The SMILES string of the molecule is C=C(C)c1nc(NC(C)C)nc(NC(C)C)n1. The molecule has 0 radical (unpaired) electrons. The largest absolute Gasteiger partial charge is 0.352 e. The Balaban J connectivity index is 3.04. The zero-order chi connectivity index (χ0) is 13.0. The lowest BCUT2D eigenvalue weighted by atomic mass is 10.3. The van der Waals surface area contributed by atoms with E-state index in [1.165, 1.54) is 0 Å². The van der Waals surface area contributed by atoms with Gasteiger partial charge < -0.3 is 10.6 Å². The van der Waals surface area contributed by atoms with Gasteiger partial charge in [-0.05, 0) is 40.2 Å². The molecule has 5 heteroatoms. The van der Waals surface area contributed by atoms with Crippen molar-refractivity contribution in [2.75, 3.05) is 10.6 Å². The highest BCUT2D eigenvalue weighted by Crippen LogP contribution is 2.12. The Kier molecular flexibility index (Phi) is 4.43. The van der Waals surface area contributed by atoms with E-state index >= 15 is 0 Å². The molecule has 0 fully saturated rings. The van der Waals surface area contributed by atoms with Gasteiger partial charge in [0.2, 0.25) is 11.9 Å². The van der Waals surface area contributed by atoms with Crippen LogP contribution >= 0.6 is 0 Å². The molecule has 0 aromatic carbocycles. The minimum atomic E-state index is 0.280. The quantitative estimate of drug-likeness (QED) is 0.821. The highest BCUT2D eigenvalue weighted by molar-refractivity contribution is 5.56. The number of rotatable bonds is 5. The number of nitrogens with zero attached hydrogens (tertiary/aromatic N) is 3. The average molecular weight is 235 g/mol. The fraction of sp³-hybridized carbons (Fsp3) is 0.583. The smallest absolute Gasteiger partial charge is 0.228 e. The number of hydrogen-bond acceptors (Lipinski definition) is 5. The van der Waals surface area contributed by atoms with Crippen LogP contribution in [0.1, 0.15) is 40.4 Å². The Morgan fingerprint density at radius 2 is 1.35 bits per heavy atom. The van der Waals surface area contributed by atoms with E-state index in [9.17, 15) is 0 Å². The summed E-state index contributed by atoms with van der Waals surface area (Å²) in [5.74, 6) is 1.78. The molecule has 0 spiro atoms. The third kappa shape index (κ3) is 4.38. The van der Waals surface area contributed by atoms with Crippen molar-refractivity contribution in [1.29, 1.82) is 0 Å². The minimum absolute atomic E-state index is 0.280. The van der Waals surface area contributed by atoms with Crippen molar-refractivity contribution in [1.82, 2.24) is 15.0 Å². The molecule has 0 saturated heterocycles. The normalized spacial score (nSPS) is 10.8. The van der Waals surface area contributed by atoms with Crippen LogP contribution in [0.15, 0.2) is 6.58 Å². The summed E-state index contributed by atoms with van der Waals surface area (Å²) in [5, 5.41) is 6.34. The third-order valence-electron chi connectivity index (χ3n) is 1.85. The summed E-state index contributed by atoms with van der Waals surface area (Å²) >= 11 is 0. The molecule has 0 atom stereocenters. The van der Waals surface area contributed by atoms with Crippen molar-refractivity contribution >= 4 is 17.5 Å². The lowest BCUT2D eigenvalue weighted by Gasteiger charge is -2.13. The summed E-state index contributed by atoms with van der Waals surface area (Å²) in [5.41, 5.74) is 0.825. The van der Waals surface area contributed by atoms with Crippen LogP contribution in [0.25, 0.3) is 5.57 Å². The van der Waals surface area contributed by atoms with Gasteiger partial charge in [-0.1, -0.05) is 6.58 Å². The molecule has 0 aliphatic heterocycles. The molecule has 17 heavy (non-hydrogen) atoms. The van der Waals surface area contributed by atoms with Crippen LogP contribution in [0, 0.1) is 0 Å². The highest BCUT2D eigenvalue weighted by atomic mass is 15.2. The second kappa shape index (κ2) is 5.61. The third-order valence-corrected chi connectivity index (χ3v) is 1.85. The molecule has 5 nitrogen and oxygen atoms in total. The first-order valence-corrected chi connectivity index (χ1v) is 5.83. The Hall–Kier alpha value is -1.65. The van der Waals surface area contributed by atoms with Crippen molar-refractivity contribution in [3.63, 3.8) is 0 Å². The molecular formula is C12H21N5. The van der Waals surface area contributed by atoms with E-state index in [1.54, 1.807) is 0 Å². The first-order valence-electron chi connectivity index (χ1n) is 5.83. The molecule has 1 aromatic heterocycles. The van der Waals surface area contributed by atoms with E-state index in [-0.39, 0.29) is 12.1 Å². The van der Waals surface area contributed by atoms with Crippen LogP contribution in [-0.2, 0) is 0 Å². The van der Waals surface area contributed by atoms with Crippen molar-refractivity contribution in [3.8, 4) is 0 Å². The first-order chi connectivity index (χ1) is 7.88. The van der Waals surface area contributed by atoms with Crippen LogP contribution in [0.2, 0.25) is 0 Å². The van der Waals surface area contributed by atoms with Crippen molar-refractivity contribution in [2.45, 2.75) is 46.7 Å². The standard InChI is InChI=1S/C12H21N5/c1-7(2)10-15-11(13-8(3)4)17-12(16-10)14-9(5)6/h8-9H,1H2,2-6H3,(H2,13,14,15,16,17). The van der Waals surface area contributed by atoms with Gasteiger partial charge in [-0.15, -0.1) is 0 Å². The van der Waals surface area contributed by atoms with Crippen LogP contribution in [0.5, 0.6) is 0 Å². The molecule has 1 aromatic rings. The number of anilines is 2. The van der Waals surface area contributed by atoms with Crippen molar-refractivity contribution < 1.29 is 0 Å². The van der Waals surface area contributed by atoms with Gasteiger partial charge in [0.25, 0.3) is 0 Å². The van der Waals surface area contributed by atoms with Crippen LogP contribution in [0.3, 0.4) is 0 Å². The molecule has 1 heterocycles. The molecule has 0 unspecified atom stereocenters. The molecule has 0 saturated carbocycles. The maximum absolute atomic E-state index is 4.31. The van der Waals surface area contributed by atoms with Gasteiger partial charge in [0.15, 0.2) is 5.82 Å². The van der Waals surface area contributed by atoms with Crippen molar-refractivity contribution in [3.05, 3.63) is 12.4 Å². The maximum Gasteiger partial charge on any atom is 0.228 e. The zero-order valence-electron chi connectivity index (χ0n) is 11.2. The molecule has 0 aliphatic rings. The van der Waals surface area contributed by atoms with E-state index in [1.807, 2.05) is 34.6 Å². The van der Waals surface area contributed by atoms with Gasteiger partial charge in [0.05, 0.1) is 0 Å². The van der Waals surface area contributed by atoms with E-state index in [2.05, 4.69) is 32.2 Å². The molecular weight excluding hydrogens is 214 g/mol. The Labute approximate surface area is 103 Å². The summed E-state index contributed by atoms with van der Waals surface area (Å²) < 4.78 is 0. The lowest BCUT2D eigenvalue weighted by molar-refractivity contribution is 0.840. The second-order valence-electron chi connectivity index (χ2n) is 4.68. The summed E-state index contributed by atoms with van der Waals surface area (Å²) in [6.45, 7) is 13.9. The highest BCUT2D eigenvalue weighted by Gasteiger charge is 2.08. The van der Waals surface area contributed by atoms with E-state index in [0.29, 0.717) is 17.7 Å². The second-order valence-corrected chi connectivity index (χ2v) is 4.68. The Morgan fingerprint density at radius 3 is 1.65 bits per heavy atom. The Morgan fingerprint density at radius 1 is 0.941 bits per heavy atom. The van der Waals surface area contributed by atoms with Gasteiger partial charge in [-0.2, -0.15) is 15.0 Å². The maximum atomic E-state index is 4.31. The molecule has 0 amide bonds. The topological polar surface area (TPSA) is 62.7 Å².